The minimum absolute atomic E-state index is 0. The SMILES string of the molecule is O=C([O-])CN1CCN(CC(=O)[O-])CCN(CC(O)CN(CC(=O)[O-])C(O)CO)CCN(CC(=O)[O-])CC1.[Gd+3].[Na+]. The molecule has 2 atom stereocenters. The standard InChI is InChI=1S/C21H39N5O11.Gd.Na/c27-15-17(29)26(14-21(36)37)10-16(28)9-22-1-3-23(11-18(30)31)5-7-25(13-20(34)35)8-6-24(4-2-22)12-19(32)33;;/h16-17,27-29H,1-15H2,(H,30,31)(H,32,33)(H,34,35)(H,36,37);;/q;+3;+1/p-4. The maximum atomic E-state index is 11.2. The number of carboxylic acids is 4. The molecule has 0 spiro atoms. The zero-order valence-electron chi connectivity index (χ0n) is 22.0. The van der Waals surface area contributed by atoms with Gasteiger partial charge in [-0.1, -0.05) is 0 Å². The van der Waals surface area contributed by atoms with Gasteiger partial charge in [0.15, 0.2) is 0 Å². The molecule has 1 rings (SSSR count). The number of carboxylic acid groups (broad SMARTS) is 4. The number of carbonyl (C=O) groups is 4. The van der Waals surface area contributed by atoms with Crippen molar-refractivity contribution >= 4 is 23.9 Å². The quantitative estimate of drug-likeness (QED) is 0.112. The van der Waals surface area contributed by atoms with Crippen LogP contribution in [0, 0.1) is 39.9 Å². The second kappa shape index (κ2) is 22.5. The van der Waals surface area contributed by atoms with Gasteiger partial charge in [0.1, 0.15) is 6.23 Å². The number of aliphatic hydroxyl groups excluding tert-OH is 3. The van der Waals surface area contributed by atoms with Crippen molar-refractivity contribution in [2.75, 3.05) is 98.2 Å². The average molecular weight is 714 g/mol. The average Bonchev–Trinajstić information content (AvgIpc) is 2.78. The van der Waals surface area contributed by atoms with Crippen molar-refractivity contribution in [2.45, 2.75) is 12.3 Å². The molecule has 1 radical (unpaired) electrons. The first-order valence-corrected chi connectivity index (χ1v) is 11.8. The molecular formula is C21H35GdN5NaO11. The fourth-order valence-corrected chi connectivity index (χ4v) is 3.98. The van der Waals surface area contributed by atoms with Crippen molar-refractivity contribution < 1.29 is 124 Å². The summed E-state index contributed by atoms with van der Waals surface area (Å²) >= 11 is 0. The molecule has 2 unspecified atom stereocenters. The van der Waals surface area contributed by atoms with Crippen molar-refractivity contribution in [3.63, 3.8) is 0 Å². The van der Waals surface area contributed by atoms with E-state index in [0.29, 0.717) is 0 Å². The number of aliphatic hydroxyl groups is 3. The van der Waals surface area contributed by atoms with Gasteiger partial charge in [0.2, 0.25) is 0 Å². The van der Waals surface area contributed by atoms with E-state index in [9.17, 15) is 49.8 Å². The molecule has 3 N–H and O–H groups in total. The van der Waals surface area contributed by atoms with Crippen molar-refractivity contribution in [1.82, 2.24) is 24.5 Å². The van der Waals surface area contributed by atoms with Crippen molar-refractivity contribution in [2.24, 2.45) is 0 Å². The predicted octanol–water partition coefficient (Wildman–Crippen LogP) is -12.8. The van der Waals surface area contributed by atoms with Crippen LogP contribution < -0.4 is 50.0 Å². The van der Waals surface area contributed by atoms with Crippen LogP contribution in [0.25, 0.3) is 0 Å². The predicted molar refractivity (Wildman–Crippen MR) is 116 cm³/mol. The van der Waals surface area contributed by atoms with Crippen molar-refractivity contribution in [3.8, 4) is 0 Å². The first-order valence-electron chi connectivity index (χ1n) is 11.8. The van der Waals surface area contributed by atoms with E-state index in [-0.39, 0.29) is 135 Å². The summed E-state index contributed by atoms with van der Waals surface area (Å²) in [4.78, 5) is 51.7. The molecule has 1 heterocycles. The van der Waals surface area contributed by atoms with Gasteiger partial charge in [-0.15, -0.1) is 0 Å². The molecule has 0 aromatic rings. The Morgan fingerprint density at radius 2 is 1.00 bits per heavy atom. The summed E-state index contributed by atoms with van der Waals surface area (Å²) in [6.07, 6.45) is -2.74. The van der Waals surface area contributed by atoms with Gasteiger partial charge in [-0.05, 0) is 0 Å². The summed E-state index contributed by atoms with van der Waals surface area (Å²) in [5.74, 6) is -5.51. The number of rotatable bonds is 14. The smallest absolute Gasteiger partial charge is 0.549 e. The molecule has 0 bridgehead atoms. The topological polar surface area (TPSA) is 237 Å². The maximum absolute atomic E-state index is 11.2. The number of hydrogen-bond donors (Lipinski definition) is 3. The van der Waals surface area contributed by atoms with E-state index in [4.69, 9.17) is 5.11 Å². The van der Waals surface area contributed by atoms with Crippen LogP contribution in [0.3, 0.4) is 0 Å². The van der Waals surface area contributed by atoms with E-state index < -0.39 is 69.0 Å². The van der Waals surface area contributed by atoms with Crippen LogP contribution in [0.5, 0.6) is 0 Å². The first kappa shape index (κ1) is 41.0. The van der Waals surface area contributed by atoms with E-state index in [1.54, 1.807) is 4.90 Å². The molecule has 1 fully saturated rings. The molecule has 1 saturated heterocycles. The molecule has 1 aliphatic rings. The van der Waals surface area contributed by atoms with Crippen molar-refractivity contribution in [3.05, 3.63) is 0 Å². The van der Waals surface area contributed by atoms with Gasteiger partial charge in [0, 0.05) is 91.6 Å². The van der Waals surface area contributed by atoms with Gasteiger partial charge >= 0.3 is 69.5 Å². The third-order valence-corrected chi connectivity index (χ3v) is 5.82. The van der Waals surface area contributed by atoms with Crippen LogP contribution in [-0.4, -0.2) is 174 Å². The largest absolute Gasteiger partial charge is 3.00 e. The van der Waals surface area contributed by atoms with Crippen molar-refractivity contribution in [1.29, 1.82) is 0 Å². The normalized spacial score (nSPS) is 18.6. The molecule has 1 aliphatic heterocycles. The van der Waals surface area contributed by atoms with Crippen LogP contribution in [0.2, 0.25) is 0 Å². The van der Waals surface area contributed by atoms with Crippen LogP contribution in [0.1, 0.15) is 0 Å². The number of carbonyl (C=O) groups excluding carboxylic acids is 4. The second-order valence-electron chi connectivity index (χ2n) is 8.86. The molecule has 219 valence electrons. The van der Waals surface area contributed by atoms with Gasteiger partial charge in [-0.3, -0.25) is 24.5 Å². The summed E-state index contributed by atoms with van der Waals surface area (Å²) in [6.45, 7) is -1.67. The van der Waals surface area contributed by atoms with Crippen LogP contribution in [0.4, 0.5) is 0 Å². The van der Waals surface area contributed by atoms with E-state index in [2.05, 4.69) is 0 Å². The van der Waals surface area contributed by atoms with Crippen LogP contribution in [0.15, 0.2) is 0 Å². The molecule has 0 saturated carbocycles. The molecule has 18 heteroatoms. The zero-order chi connectivity index (χ0) is 28.0. The molecule has 16 nitrogen and oxygen atoms in total. The Hall–Kier alpha value is -0.115. The summed E-state index contributed by atoms with van der Waals surface area (Å²) in [5, 5.41) is 74.0. The second-order valence-corrected chi connectivity index (χ2v) is 8.86. The van der Waals surface area contributed by atoms with Crippen LogP contribution in [-0.2, 0) is 19.2 Å². The fourth-order valence-electron chi connectivity index (χ4n) is 3.98. The Bertz CT molecular complexity index is 725. The molecule has 39 heavy (non-hydrogen) atoms. The Kier molecular flexibility index (Phi) is 23.6. The number of nitrogens with zero attached hydrogens (tertiary/aromatic N) is 5. The third kappa shape index (κ3) is 19.6. The molecule has 0 aromatic carbocycles. The first-order chi connectivity index (χ1) is 17.4. The molecular weight excluding hydrogens is 678 g/mol. The molecule has 0 aromatic heterocycles. The number of aliphatic carboxylic acids is 4. The summed E-state index contributed by atoms with van der Waals surface area (Å²) < 4.78 is 0. The van der Waals surface area contributed by atoms with E-state index in [1.807, 2.05) is 0 Å². The summed E-state index contributed by atoms with van der Waals surface area (Å²) in [7, 11) is 0. The Morgan fingerprint density at radius 1 is 0.667 bits per heavy atom. The molecule has 0 aliphatic carbocycles. The molecule has 0 amide bonds. The Balaban J connectivity index is 0. The summed E-state index contributed by atoms with van der Waals surface area (Å²) in [5.41, 5.74) is 0. The third-order valence-electron chi connectivity index (χ3n) is 5.82. The fraction of sp³-hybridized carbons (Fsp3) is 0.810. The van der Waals surface area contributed by atoms with E-state index in [1.165, 1.54) is 14.7 Å². The summed E-state index contributed by atoms with van der Waals surface area (Å²) in [6, 6.07) is 0. The minimum Gasteiger partial charge on any atom is -0.549 e. The van der Waals surface area contributed by atoms with Gasteiger partial charge in [0.25, 0.3) is 0 Å². The number of hydrogen-bond acceptors (Lipinski definition) is 16. The number of β-amino-alcohol motifs (C(OH)–C–C–N with tert-alkyl or cyclic N) is 1. The Morgan fingerprint density at radius 3 is 1.28 bits per heavy atom. The maximum Gasteiger partial charge on any atom is 3.00 e. The van der Waals surface area contributed by atoms with Gasteiger partial charge < -0.3 is 54.9 Å². The minimum atomic E-state index is -1.54. The Labute approximate surface area is 281 Å². The van der Waals surface area contributed by atoms with Crippen LogP contribution >= 0.6 is 0 Å². The van der Waals surface area contributed by atoms with Gasteiger partial charge in [-0.2, -0.15) is 0 Å². The van der Waals surface area contributed by atoms with Gasteiger partial charge in [-0.25, -0.2) is 0 Å². The van der Waals surface area contributed by atoms with E-state index >= 15 is 0 Å². The van der Waals surface area contributed by atoms with E-state index in [0.717, 1.165) is 4.90 Å². The van der Waals surface area contributed by atoms with Gasteiger partial charge in [0.05, 0.1) is 36.6 Å². The zero-order valence-corrected chi connectivity index (χ0v) is 26.2. The monoisotopic (exact) mass is 714 g/mol.